The molecule has 1 fully saturated rings. The minimum Gasteiger partial charge on any atom is -0.507 e. The van der Waals surface area contributed by atoms with Crippen molar-refractivity contribution in [3.05, 3.63) is 34.9 Å². The van der Waals surface area contributed by atoms with Gasteiger partial charge in [-0.3, -0.25) is 0 Å². The summed E-state index contributed by atoms with van der Waals surface area (Å²) in [6, 6.07) is 3.15. The zero-order valence-electron chi connectivity index (χ0n) is 15.1. The Morgan fingerprint density at radius 1 is 1.11 bits per heavy atom. The van der Waals surface area contributed by atoms with E-state index in [2.05, 4.69) is 10.2 Å². The second kappa shape index (κ2) is 6.59. The van der Waals surface area contributed by atoms with E-state index < -0.39 is 29.7 Å². The third-order valence-corrected chi connectivity index (χ3v) is 5.59. The van der Waals surface area contributed by atoms with Gasteiger partial charge in [-0.25, -0.2) is 0 Å². The lowest BCUT2D eigenvalue weighted by molar-refractivity contribution is -0.137. The topological polar surface area (TPSA) is 89.7 Å². The molecule has 0 spiro atoms. The Balaban J connectivity index is 1.68. The number of aromatic hydroxyl groups is 1. The van der Waals surface area contributed by atoms with Crippen LogP contribution in [0.15, 0.2) is 18.2 Å². The first-order valence-corrected chi connectivity index (χ1v) is 9.07. The molecule has 1 saturated carbocycles. The standard InChI is InChI=1S/C19H20F3N3O3/c1-9-6-11(19(20,21)22)8-15(27)16(9)12-7-10-4-5-25(18(10)24-23-12)13-2-3-14(26)17(13)28/h6-8,13-14,17,26-28H,2-5H2,1H3/t13-,14-,17+/m1/s1. The van der Waals surface area contributed by atoms with Crippen molar-refractivity contribution in [1.29, 1.82) is 0 Å². The zero-order valence-corrected chi connectivity index (χ0v) is 15.1. The third-order valence-electron chi connectivity index (χ3n) is 5.59. The van der Waals surface area contributed by atoms with E-state index in [0.29, 0.717) is 43.4 Å². The second-order valence-corrected chi connectivity index (χ2v) is 7.41. The van der Waals surface area contributed by atoms with Crippen LogP contribution in [-0.2, 0) is 12.6 Å². The molecule has 150 valence electrons. The molecule has 2 aromatic rings. The average molecular weight is 395 g/mol. The van der Waals surface area contributed by atoms with E-state index in [1.54, 1.807) is 6.07 Å². The largest absolute Gasteiger partial charge is 0.507 e. The molecule has 3 N–H and O–H groups in total. The van der Waals surface area contributed by atoms with Crippen LogP contribution in [-0.4, -0.2) is 50.3 Å². The first-order chi connectivity index (χ1) is 13.2. The Labute approximate surface area is 159 Å². The highest BCUT2D eigenvalue weighted by Crippen LogP contribution is 2.40. The predicted octanol–water partition coefficient (Wildman–Crippen LogP) is 2.42. The normalized spacial score (nSPS) is 24.6. The highest BCUT2D eigenvalue weighted by Gasteiger charge is 2.40. The van der Waals surface area contributed by atoms with Gasteiger partial charge in [0.25, 0.3) is 0 Å². The summed E-state index contributed by atoms with van der Waals surface area (Å²) < 4.78 is 38.8. The van der Waals surface area contributed by atoms with Crippen LogP contribution in [0.25, 0.3) is 11.3 Å². The van der Waals surface area contributed by atoms with Gasteiger partial charge in [0.1, 0.15) is 11.9 Å². The molecular formula is C19H20F3N3O3. The molecule has 9 heteroatoms. The molecule has 1 aromatic heterocycles. The molecule has 0 amide bonds. The monoisotopic (exact) mass is 395 g/mol. The first kappa shape index (κ1) is 18.9. The van der Waals surface area contributed by atoms with E-state index in [9.17, 15) is 28.5 Å². The van der Waals surface area contributed by atoms with Crippen molar-refractivity contribution in [2.75, 3.05) is 11.4 Å². The van der Waals surface area contributed by atoms with Crippen LogP contribution in [0.3, 0.4) is 0 Å². The number of anilines is 1. The number of aryl methyl sites for hydroxylation is 1. The zero-order chi connectivity index (χ0) is 20.2. The second-order valence-electron chi connectivity index (χ2n) is 7.41. The number of nitrogens with zero attached hydrogens (tertiary/aromatic N) is 3. The highest BCUT2D eigenvalue weighted by molar-refractivity contribution is 5.73. The number of hydrogen-bond acceptors (Lipinski definition) is 6. The Hall–Kier alpha value is -2.39. The molecule has 28 heavy (non-hydrogen) atoms. The minimum atomic E-state index is -4.54. The number of phenols is 1. The number of aliphatic hydroxyl groups excluding tert-OH is 2. The molecule has 1 aliphatic carbocycles. The van der Waals surface area contributed by atoms with Gasteiger partial charge < -0.3 is 20.2 Å². The van der Waals surface area contributed by atoms with Crippen LogP contribution in [0.1, 0.15) is 29.5 Å². The van der Waals surface area contributed by atoms with Crippen molar-refractivity contribution >= 4 is 5.82 Å². The summed E-state index contributed by atoms with van der Waals surface area (Å²) in [5.41, 5.74) is 0.706. The fourth-order valence-corrected chi connectivity index (χ4v) is 4.19. The quantitative estimate of drug-likeness (QED) is 0.724. The maximum atomic E-state index is 12.9. The van der Waals surface area contributed by atoms with Gasteiger partial charge in [-0.05, 0) is 49.9 Å². The van der Waals surface area contributed by atoms with Gasteiger partial charge in [0.2, 0.25) is 0 Å². The number of halogens is 3. The van der Waals surface area contributed by atoms with Crippen molar-refractivity contribution in [2.24, 2.45) is 0 Å². The minimum absolute atomic E-state index is 0.220. The molecule has 0 bridgehead atoms. The third kappa shape index (κ3) is 3.08. The first-order valence-electron chi connectivity index (χ1n) is 9.07. The Kier molecular flexibility index (Phi) is 4.46. The number of alkyl halides is 3. The Morgan fingerprint density at radius 2 is 1.86 bits per heavy atom. The number of aromatic nitrogens is 2. The lowest BCUT2D eigenvalue weighted by Crippen LogP contribution is -2.43. The fraction of sp³-hybridized carbons (Fsp3) is 0.474. The molecule has 2 aliphatic rings. The summed E-state index contributed by atoms with van der Waals surface area (Å²) in [7, 11) is 0. The Morgan fingerprint density at radius 3 is 2.46 bits per heavy atom. The number of aliphatic hydroxyl groups is 2. The molecular weight excluding hydrogens is 375 g/mol. The molecule has 0 radical (unpaired) electrons. The molecule has 2 heterocycles. The van der Waals surface area contributed by atoms with Crippen LogP contribution >= 0.6 is 0 Å². The average Bonchev–Trinajstić information content (AvgIpc) is 3.17. The van der Waals surface area contributed by atoms with Gasteiger partial charge in [0, 0.05) is 17.7 Å². The van der Waals surface area contributed by atoms with E-state index in [1.807, 2.05) is 4.90 Å². The molecule has 4 rings (SSSR count). The predicted molar refractivity (Wildman–Crippen MR) is 95.0 cm³/mol. The van der Waals surface area contributed by atoms with Crippen LogP contribution in [0.5, 0.6) is 5.75 Å². The number of fused-ring (bicyclic) bond motifs is 1. The van der Waals surface area contributed by atoms with Gasteiger partial charge in [0.05, 0.1) is 23.4 Å². The number of hydrogen-bond donors (Lipinski definition) is 3. The summed E-state index contributed by atoms with van der Waals surface area (Å²) in [5, 5.41) is 38.5. The van der Waals surface area contributed by atoms with Crippen molar-refractivity contribution < 1.29 is 28.5 Å². The van der Waals surface area contributed by atoms with E-state index in [1.165, 1.54) is 6.92 Å². The van der Waals surface area contributed by atoms with Gasteiger partial charge >= 0.3 is 6.18 Å². The van der Waals surface area contributed by atoms with Crippen LogP contribution in [0.2, 0.25) is 0 Å². The number of rotatable bonds is 2. The summed E-state index contributed by atoms with van der Waals surface area (Å²) >= 11 is 0. The smallest absolute Gasteiger partial charge is 0.416 e. The highest BCUT2D eigenvalue weighted by atomic mass is 19.4. The van der Waals surface area contributed by atoms with Crippen LogP contribution < -0.4 is 4.90 Å². The van der Waals surface area contributed by atoms with Crippen molar-refractivity contribution in [1.82, 2.24) is 10.2 Å². The SMILES string of the molecule is Cc1cc(C(F)(F)F)cc(O)c1-c1cc2c(nn1)N([C@@H]1CC[C@@H](O)[C@H]1O)CC2. The van der Waals surface area contributed by atoms with Gasteiger partial charge in [-0.2, -0.15) is 13.2 Å². The number of benzene rings is 1. The summed E-state index contributed by atoms with van der Waals surface area (Å²) in [5.74, 6) is 0.108. The van der Waals surface area contributed by atoms with Crippen molar-refractivity contribution in [2.45, 2.75) is 50.6 Å². The maximum Gasteiger partial charge on any atom is 0.416 e. The summed E-state index contributed by atoms with van der Waals surface area (Å²) in [6.45, 7) is 2.10. The molecule has 0 saturated heterocycles. The van der Waals surface area contributed by atoms with Crippen molar-refractivity contribution in [3.8, 4) is 17.0 Å². The number of phenolic OH excluding ortho intramolecular Hbond substituents is 1. The van der Waals surface area contributed by atoms with Gasteiger partial charge in [-0.15, -0.1) is 10.2 Å². The molecule has 3 atom stereocenters. The fourth-order valence-electron chi connectivity index (χ4n) is 4.19. The lowest BCUT2D eigenvalue weighted by Gasteiger charge is -2.28. The molecule has 6 nitrogen and oxygen atoms in total. The Bertz CT molecular complexity index is 896. The van der Waals surface area contributed by atoms with E-state index in [0.717, 1.165) is 11.6 Å². The summed E-state index contributed by atoms with van der Waals surface area (Å²) in [6.07, 6.45) is -4.36. The van der Waals surface area contributed by atoms with E-state index in [-0.39, 0.29) is 17.2 Å². The van der Waals surface area contributed by atoms with Crippen LogP contribution in [0.4, 0.5) is 19.0 Å². The van der Waals surface area contributed by atoms with E-state index in [4.69, 9.17) is 0 Å². The lowest BCUT2D eigenvalue weighted by atomic mass is 9.99. The van der Waals surface area contributed by atoms with Crippen LogP contribution in [0, 0.1) is 6.92 Å². The van der Waals surface area contributed by atoms with Gasteiger partial charge in [-0.1, -0.05) is 0 Å². The van der Waals surface area contributed by atoms with Crippen molar-refractivity contribution in [3.63, 3.8) is 0 Å². The molecule has 1 aliphatic heterocycles. The maximum absolute atomic E-state index is 12.9. The van der Waals surface area contributed by atoms with Gasteiger partial charge in [0.15, 0.2) is 5.82 Å². The molecule has 0 unspecified atom stereocenters. The van der Waals surface area contributed by atoms with E-state index >= 15 is 0 Å². The molecule has 1 aromatic carbocycles. The summed E-state index contributed by atoms with van der Waals surface area (Å²) in [4.78, 5) is 1.92.